The van der Waals surface area contributed by atoms with Crippen LogP contribution in [0.4, 0.5) is 5.69 Å². The fourth-order valence-electron chi connectivity index (χ4n) is 2.00. The number of hydrogen-bond acceptors (Lipinski definition) is 5. The molecule has 0 N–H and O–H groups in total. The first kappa shape index (κ1) is 14.6. The third-order valence-electron chi connectivity index (χ3n) is 3.27. The molecule has 1 heterocycles. The standard InChI is InChI=1S/C17H13N3O3/c1-12-2-7-14(8-3-12)17-18-16(23-19-17)11-6-13-4-9-15(10-5-13)20(21)22/h2-11H,1H3/b11-6+. The molecule has 2 aromatic carbocycles. The number of nitro groups is 1. The molecule has 3 rings (SSSR count). The monoisotopic (exact) mass is 307 g/mol. The van der Waals surface area contributed by atoms with Gasteiger partial charge in [-0.25, -0.2) is 0 Å². The summed E-state index contributed by atoms with van der Waals surface area (Å²) in [6.07, 6.45) is 3.43. The molecule has 0 unspecified atom stereocenters. The molecule has 0 spiro atoms. The average molecular weight is 307 g/mol. The molecule has 1 aromatic heterocycles. The third kappa shape index (κ3) is 3.49. The van der Waals surface area contributed by atoms with Crippen LogP contribution in [0.5, 0.6) is 0 Å². The number of nitro benzene ring substituents is 1. The molecule has 0 amide bonds. The highest BCUT2D eigenvalue weighted by Crippen LogP contribution is 2.18. The molecule has 0 bridgehead atoms. The molecule has 6 nitrogen and oxygen atoms in total. The maximum absolute atomic E-state index is 10.6. The predicted octanol–water partition coefficient (Wildman–Crippen LogP) is 4.12. The van der Waals surface area contributed by atoms with Crippen molar-refractivity contribution in [2.45, 2.75) is 6.92 Å². The normalized spacial score (nSPS) is 11.0. The van der Waals surface area contributed by atoms with Gasteiger partial charge in [-0.2, -0.15) is 4.98 Å². The summed E-state index contributed by atoms with van der Waals surface area (Å²) < 4.78 is 5.18. The van der Waals surface area contributed by atoms with E-state index in [1.165, 1.54) is 12.1 Å². The van der Waals surface area contributed by atoms with Gasteiger partial charge in [-0.1, -0.05) is 35.0 Å². The number of aromatic nitrogens is 2. The highest BCUT2D eigenvalue weighted by atomic mass is 16.6. The van der Waals surface area contributed by atoms with Crippen molar-refractivity contribution in [3.63, 3.8) is 0 Å². The van der Waals surface area contributed by atoms with Crippen LogP contribution in [0.1, 0.15) is 17.0 Å². The Balaban J connectivity index is 1.75. The number of aryl methyl sites for hydroxylation is 1. The summed E-state index contributed by atoms with van der Waals surface area (Å²) >= 11 is 0. The first-order chi connectivity index (χ1) is 11.1. The lowest BCUT2D eigenvalue weighted by atomic mass is 10.1. The number of non-ortho nitro benzene ring substituents is 1. The molecule has 0 atom stereocenters. The third-order valence-corrected chi connectivity index (χ3v) is 3.27. The minimum absolute atomic E-state index is 0.0570. The van der Waals surface area contributed by atoms with Gasteiger partial charge in [0, 0.05) is 23.8 Å². The SMILES string of the molecule is Cc1ccc(-c2noc(/C=C/c3ccc([N+](=O)[O-])cc3)n2)cc1. The van der Waals surface area contributed by atoms with Crippen molar-refractivity contribution in [2.75, 3.05) is 0 Å². The Morgan fingerprint density at radius 3 is 2.39 bits per heavy atom. The molecular weight excluding hydrogens is 294 g/mol. The van der Waals surface area contributed by atoms with E-state index in [2.05, 4.69) is 10.1 Å². The van der Waals surface area contributed by atoms with Crippen molar-refractivity contribution >= 4 is 17.8 Å². The largest absolute Gasteiger partial charge is 0.334 e. The molecular formula is C17H13N3O3. The van der Waals surface area contributed by atoms with Gasteiger partial charge in [0.25, 0.3) is 11.6 Å². The van der Waals surface area contributed by atoms with Gasteiger partial charge in [0.1, 0.15) is 0 Å². The van der Waals surface area contributed by atoms with Crippen LogP contribution in [0.3, 0.4) is 0 Å². The summed E-state index contributed by atoms with van der Waals surface area (Å²) in [5.74, 6) is 0.896. The van der Waals surface area contributed by atoms with Crippen molar-refractivity contribution in [1.29, 1.82) is 0 Å². The van der Waals surface area contributed by atoms with Crippen LogP contribution in [0.15, 0.2) is 53.1 Å². The summed E-state index contributed by atoms with van der Waals surface area (Å²) in [4.78, 5) is 14.5. The number of rotatable bonds is 4. The topological polar surface area (TPSA) is 82.1 Å². The first-order valence-corrected chi connectivity index (χ1v) is 6.95. The molecule has 6 heteroatoms. The minimum Gasteiger partial charge on any atom is -0.334 e. The minimum atomic E-state index is -0.431. The van der Waals surface area contributed by atoms with Gasteiger partial charge in [0.15, 0.2) is 0 Å². The molecule has 0 aliphatic rings. The van der Waals surface area contributed by atoms with Gasteiger partial charge < -0.3 is 4.52 Å². The molecule has 114 valence electrons. The lowest BCUT2D eigenvalue weighted by Gasteiger charge is -1.94. The summed E-state index contributed by atoms with van der Waals surface area (Å²) in [7, 11) is 0. The quantitative estimate of drug-likeness (QED) is 0.535. The Kier molecular flexibility index (Phi) is 3.97. The fraction of sp³-hybridized carbons (Fsp3) is 0.0588. The van der Waals surface area contributed by atoms with Gasteiger partial charge in [-0.3, -0.25) is 10.1 Å². The maximum Gasteiger partial charge on any atom is 0.269 e. The van der Waals surface area contributed by atoms with Crippen molar-refractivity contribution in [3.8, 4) is 11.4 Å². The highest BCUT2D eigenvalue weighted by Gasteiger charge is 2.06. The van der Waals surface area contributed by atoms with Gasteiger partial charge >= 0.3 is 0 Å². The van der Waals surface area contributed by atoms with Crippen molar-refractivity contribution in [3.05, 3.63) is 75.7 Å². The van der Waals surface area contributed by atoms with Crippen LogP contribution >= 0.6 is 0 Å². The predicted molar refractivity (Wildman–Crippen MR) is 86.5 cm³/mol. The van der Waals surface area contributed by atoms with E-state index >= 15 is 0 Å². The zero-order chi connectivity index (χ0) is 16.2. The summed E-state index contributed by atoms with van der Waals surface area (Å²) in [5, 5.41) is 14.5. The van der Waals surface area contributed by atoms with Crippen LogP contribution in [0, 0.1) is 17.0 Å². The second-order valence-corrected chi connectivity index (χ2v) is 5.00. The molecule has 0 fully saturated rings. The van der Waals surface area contributed by atoms with E-state index in [4.69, 9.17) is 4.52 Å². The number of hydrogen-bond donors (Lipinski definition) is 0. The Bertz CT molecular complexity index is 850. The maximum atomic E-state index is 10.6. The first-order valence-electron chi connectivity index (χ1n) is 6.95. The van der Waals surface area contributed by atoms with E-state index in [0.717, 1.165) is 16.7 Å². The number of benzene rings is 2. The van der Waals surface area contributed by atoms with Crippen LogP contribution in [-0.2, 0) is 0 Å². The molecule has 0 saturated heterocycles. The summed E-state index contributed by atoms with van der Waals surface area (Å²) in [6.45, 7) is 2.01. The number of nitrogens with zero attached hydrogens (tertiary/aromatic N) is 3. The fourth-order valence-corrected chi connectivity index (χ4v) is 2.00. The second-order valence-electron chi connectivity index (χ2n) is 5.00. The van der Waals surface area contributed by atoms with Gasteiger partial charge in [0.05, 0.1) is 4.92 Å². The highest BCUT2D eigenvalue weighted by molar-refractivity contribution is 5.67. The molecule has 0 radical (unpaired) electrons. The van der Waals surface area contributed by atoms with E-state index < -0.39 is 4.92 Å². The van der Waals surface area contributed by atoms with Crippen LogP contribution < -0.4 is 0 Å². The molecule has 23 heavy (non-hydrogen) atoms. The van der Waals surface area contributed by atoms with Gasteiger partial charge in [-0.15, -0.1) is 0 Å². The van der Waals surface area contributed by atoms with E-state index in [9.17, 15) is 10.1 Å². The summed E-state index contributed by atoms with van der Waals surface area (Å²) in [6, 6.07) is 14.1. The van der Waals surface area contributed by atoms with Crippen LogP contribution in [-0.4, -0.2) is 15.1 Å². The Labute approximate surface area is 132 Å². The van der Waals surface area contributed by atoms with E-state index in [-0.39, 0.29) is 5.69 Å². The van der Waals surface area contributed by atoms with E-state index in [1.807, 2.05) is 31.2 Å². The zero-order valence-corrected chi connectivity index (χ0v) is 12.3. The Morgan fingerprint density at radius 1 is 1.04 bits per heavy atom. The average Bonchev–Trinajstić information content (AvgIpc) is 3.03. The molecule has 0 aliphatic carbocycles. The summed E-state index contributed by atoms with van der Waals surface area (Å²) in [5.41, 5.74) is 2.91. The molecule has 0 aliphatic heterocycles. The van der Waals surface area contributed by atoms with Crippen LogP contribution in [0.25, 0.3) is 23.5 Å². The molecule has 0 saturated carbocycles. The lowest BCUT2D eigenvalue weighted by Crippen LogP contribution is -1.86. The van der Waals surface area contributed by atoms with Gasteiger partial charge in [0.2, 0.25) is 5.82 Å². The van der Waals surface area contributed by atoms with E-state index in [0.29, 0.717) is 11.7 Å². The van der Waals surface area contributed by atoms with Crippen molar-refractivity contribution < 1.29 is 9.45 Å². The lowest BCUT2D eigenvalue weighted by molar-refractivity contribution is -0.384. The van der Waals surface area contributed by atoms with Crippen molar-refractivity contribution in [1.82, 2.24) is 10.1 Å². The zero-order valence-electron chi connectivity index (χ0n) is 12.3. The van der Waals surface area contributed by atoms with Gasteiger partial charge in [-0.05, 0) is 30.7 Å². The Morgan fingerprint density at radius 2 is 1.74 bits per heavy atom. The molecule has 3 aromatic rings. The van der Waals surface area contributed by atoms with Crippen LogP contribution in [0.2, 0.25) is 0 Å². The second kappa shape index (κ2) is 6.23. The van der Waals surface area contributed by atoms with Crippen molar-refractivity contribution in [2.24, 2.45) is 0 Å². The van der Waals surface area contributed by atoms with E-state index in [1.54, 1.807) is 24.3 Å². The Hall–Kier alpha value is -3.28. The smallest absolute Gasteiger partial charge is 0.269 e.